The summed E-state index contributed by atoms with van der Waals surface area (Å²) in [5.74, 6) is -1.05. The molecule has 1 fully saturated rings. The van der Waals surface area contributed by atoms with E-state index >= 15 is 0 Å². The standard InChI is InChI=1S/C13H23N3O4S/c1-5-15-12(17)11(9-14-8-7-10(3)4)13(18)16(6-2)21(15,19)20/h9-10,14H,5-8H2,1-4H3. The quantitative estimate of drug-likeness (QED) is 0.437. The third-order valence-corrected chi connectivity index (χ3v) is 5.12. The Kier molecular flexibility index (Phi) is 5.77. The minimum absolute atomic E-state index is 0.00567. The highest BCUT2D eigenvalue weighted by Gasteiger charge is 2.44. The first kappa shape index (κ1) is 17.5. The molecule has 1 heterocycles. The van der Waals surface area contributed by atoms with Crippen LogP contribution in [0.25, 0.3) is 0 Å². The van der Waals surface area contributed by atoms with E-state index in [1.165, 1.54) is 6.20 Å². The lowest BCUT2D eigenvalue weighted by Crippen LogP contribution is -2.56. The fraction of sp³-hybridized carbons (Fsp3) is 0.692. The van der Waals surface area contributed by atoms with E-state index in [9.17, 15) is 18.0 Å². The second-order valence-electron chi connectivity index (χ2n) is 5.14. The van der Waals surface area contributed by atoms with Gasteiger partial charge in [0.15, 0.2) is 0 Å². The predicted molar refractivity (Wildman–Crippen MR) is 79.2 cm³/mol. The number of carbonyl (C=O) groups excluding carboxylic acids is 2. The maximum absolute atomic E-state index is 12.2. The lowest BCUT2D eigenvalue weighted by atomic mass is 10.1. The molecule has 0 aromatic rings. The van der Waals surface area contributed by atoms with Crippen LogP contribution >= 0.6 is 0 Å². The van der Waals surface area contributed by atoms with Crippen molar-refractivity contribution in [2.75, 3.05) is 19.6 Å². The first-order valence-electron chi connectivity index (χ1n) is 7.09. The molecule has 0 aromatic heterocycles. The van der Waals surface area contributed by atoms with Gasteiger partial charge in [0.05, 0.1) is 0 Å². The molecule has 0 aliphatic carbocycles. The van der Waals surface area contributed by atoms with Crippen molar-refractivity contribution in [2.45, 2.75) is 34.1 Å². The summed E-state index contributed by atoms with van der Waals surface area (Å²) in [6.45, 7) is 7.85. The maximum Gasteiger partial charge on any atom is 0.331 e. The SMILES string of the molecule is CCN1C(=O)C(=CNCCC(C)C)C(=O)N(CC)S1(=O)=O. The van der Waals surface area contributed by atoms with Gasteiger partial charge in [0, 0.05) is 25.8 Å². The van der Waals surface area contributed by atoms with E-state index in [4.69, 9.17) is 0 Å². The molecule has 1 rings (SSSR count). The summed E-state index contributed by atoms with van der Waals surface area (Å²) >= 11 is 0. The number of likely N-dealkylation sites (N-methyl/N-ethyl adjacent to an activating group) is 2. The maximum atomic E-state index is 12.2. The fourth-order valence-corrected chi connectivity index (χ4v) is 3.48. The van der Waals surface area contributed by atoms with Gasteiger partial charge < -0.3 is 5.32 Å². The van der Waals surface area contributed by atoms with Gasteiger partial charge in [0.25, 0.3) is 11.8 Å². The van der Waals surface area contributed by atoms with Crippen LogP contribution in [0.15, 0.2) is 11.8 Å². The van der Waals surface area contributed by atoms with Crippen LogP contribution < -0.4 is 5.32 Å². The first-order chi connectivity index (χ1) is 9.77. The van der Waals surface area contributed by atoms with Crippen LogP contribution in [0, 0.1) is 5.92 Å². The van der Waals surface area contributed by atoms with Crippen molar-refractivity contribution in [3.05, 3.63) is 11.8 Å². The van der Waals surface area contributed by atoms with Gasteiger partial charge >= 0.3 is 10.2 Å². The molecule has 0 unspecified atom stereocenters. The summed E-state index contributed by atoms with van der Waals surface area (Å²) in [5, 5.41) is 2.91. The van der Waals surface area contributed by atoms with E-state index in [0.29, 0.717) is 21.1 Å². The van der Waals surface area contributed by atoms with E-state index in [2.05, 4.69) is 19.2 Å². The first-order valence-corrected chi connectivity index (χ1v) is 8.49. The largest absolute Gasteiger partial charge is 0.390 e. The minimum atomic E-state index is -4.04. The molecule has 0 aromatic carbocycles. The van der Waals surface area contributed by atoms with Gasteiger partial charge in [-0.05, 0) is 26.2 Å². The molecule has 1 N–H and O–H groups in total. The number of hydrogen-bond donors (Lipinski definition) is 1. The Morgan fingerprint density at radius 1 is 1.10 bits per heavy atom. The zero-order valence-electron chi connectivity index (χ0n) is 12.9. The molecule has 1 saturated heterocycles. The Hall–Kier alpha value is -1.57. The van der Waals surface area contributed by atoms with Gasteiger partial charge in [-0.3, -0.25) is 9.59 Å². The van der Waals surface area contributed by atoms with Gasteiger partial charge in [0.1, 0.15) is 5.57 Å². The molecule has 0 spiro atoms. The molecular formula is C13H23N3O4S. The van der Waals surface area contributed by atoms with Gasteiger partial charge in [0.2, 0.25) is 0 Å². The Labute approximate surface area is 126 Å². The van der Waals surface area contributed by atoms with Crippen LogP contribution in [0.5, 0.6) is 0 Å². The lowest BCUT2D eigenvalue weighted by molar-refractivity contribution is -0.131. The van der Waals surface area contributed by atoms with Crippen molar-refractivity contribution < 1.29 is 18.0 Å². The number of nitrogens with zero attached hydrogens (tertiary/aromatic N) is 2. The number of rotatable bonds is 6. The van der Waals surface area contributed by atoms with Gasteiger partial charge in [-0.2, -0.15) is 8.42 Å². The Morgan fingerprint density at radius 2 is 1.57 bits per heavy atom. The normalized spacial score (nSPS) is 18.4. The molecule has 120 valence electrons. The average Bonchev–Trinajstić information content (AvgIpc) is 2.37. The second kappa shape index (κ2) is 6.93. The van der Waals surface area contributed by atoms with Crippen LogP contribution in [-0.4, -0.2) is 48.5 Å². The zero-order valence-corrected chi connectivity index (χ0v) is 13.7. The van der Waals surface area contributed by atoms with E-state index < -0.39 is 22.0 Å². The Morgan fingerprint density at radius 3 is 1.95 bits per heavy atom. The molecule has 21 heavy (non-hydrogen) atoms. The van der Waals surface area contributed by atoms with Crippen molar-refractivity contribution in [2.24, 2.45) is 5.92 Å². The van der Waals surface area contributed by atoms with Crippen molar-refractivity contribution in [1.82, 2.24) is 13.9 Å². The summed E-state index contributed by atoms with van der Waals surface area (Å²) in [5.41, 5.74) is -0.141. The minimum Gasteiger partial charge on any atom is -0.390 e. The number of hydrogen-bond acceptors (Lipinski definition) is 5. The Balaban J connectivity index is 3.02. The highest BCUT2D eigenvalue weighted by Crippen LogP contribution is 2.21. The Bertz CT molecular complexity index is 508. The smallest absolute Gasteiger partial charge is 0.331 e. The topological polar surface area (TPSA) is 86.8 Å². The lowest BCUT2D eigenvalue weighted by Gasteiger charge is -2.34. The van der Waals surface area contributed by atoms with E-state index in [-0.39, 0.29) is 18.7 Å². The predicted octanol–water partition coefficient (Wildman–Crippen LogP) is 0.461. The second-order valence-corrected chi connectivity index (χ2v) is 6.92. The molecule has 7 nitrogen and oxygen atoms in total. The highest BCUT2D eigenvalue weighted by molar-refractivity contribution is 7.88. The molecule has 0 radical (unpaired) electrons. The summed E-state index contributed by atoms with van der Waals surface area (Å²) in [6, 6.07) is 0. The number of carbonyl (C=O) groups is 2. The molecule has 1 aliphatic rings. The molecule has 0 atom stereocenters. The van der Waals surface area contributed by atoms with Crippen LogP contribution in [0.1, 0.15) is 34.1 Å². The molecule has 8 heteroatoms. The summed E-state index contributed by atoms with van der Waals surface area (Å²) < 4.78 is 25.7. The van der Waals surface area contributed by atoms with Crippen LogP contribution in [-0.2, 0) is 19.8 Å². The van der Waals surface area contributed by atoms with Crippen molar-refractivity contribution >= 4 is 22.0 Å². The van der Waals surface area contributed by atoms with E-state index in [0.717, 1.165) is 6.42 Å². The average molecular weight is 317 g/mol. The van der Waals surface area contributed by atoms with Crippen molar-refractivity contribution in [1.29, 1.82) is 0 Å². The summed E-state index contributed by atoms with van der Waals surface area (Å²) in [7, 11) is -4.04. The van der Waals surface area contributed by atoms with Crippen molar-refractivity contribution in [3.63, 3.8) is 0 Å². The van der Waals surface area contributed by atoms with Gasteiger partial charge in [-0.15, -0.1) is 0 Å². The molecule has 2 amide bonds. The number of amides is 2. The van der Waals surface area contributed by atoms with Crippen LogP contribution in [0.4, 0.5) is 0 Å². The monoisotopic (exact) mass is 317 g/mol. The number of nitrogens with one attached hydrogen (secondary N) is 1. The zero-order chi connectivity index (χ0) is 16.2. The summed E-state index contributed by atoms with van der Waals surface area (Å²) in [6.07, 6.45) is 2.21. The molecule has 1 aliphatic heterocycles. The van der Waals surface area contributed by atoms with Crippen LogP contribution in [0.3, 0.4) is 0 Å². The molecule has 0 bridgehead atoms. The third-order valence-electron chi connectivity index (χ3n) is 3.16. The molecule has 0 saturated carbocycles. The highest BCUT2D eigenvalue weighted by atomic mass is 32.2. The third kappa shape index (κ3) is 3.55. The van der Waals surface area contributed by atoms with E-state index in [1.807, 2.05) is 0 Å². The molecular weight excluding hydrogens is 294 g/mol. The van der Waals surface area contributed by atoms with Crippen molar-refractivity contribution in [3.8, 4) is 0 Å². The fourth-order valence-electron chi connectivity index (χ4n) is 1.97. The van der Waals surface area contributed by atoms with Crippen LogP contribution in [0.2, 0.25) is 0 Å². The van der Waals surface area contributed by atoms with Gasteiger partial charge in [-0.1, -0.05) is 13.8 Å². The van der Waals surface area contributed by atoms with E-state index in [1.54, 1.807) is 13.8 Å². The summed E-state index contributed by atoms with van der Waals surface area (Å²) in [4.78, 5) is 24.3. The van der Waals surface area contributed by atoms with Gasteiger partial charge in [-0.25, -0.2) is 8.61 Å².